The van der Waals surface area contributed by atoms with Gasteiger partial charge in [0.1, 0.15) is 5.92 Å². The van der Waals surface area contributed by atoms with Gasteiger partial charge in [-0.1, -0.05) is 39.5 Å². The zero-order valence-corrected chi connectivity index (χ0v) is 17.3. The standard InChI is InChI=1S/C20H30F3NO3S/c1-3-5-7-8-16(25)17-9-10-18(28-17)24-14(13-27-11-6-4-2)12-15(19(24)26)20(21,22)23/h9-10,14-16,25H,3-8,11-13H2,1-2H3. The smallest absolute Gasteiger partial charge is 0.388 e. The maximum atomic E-state index is 13.3. The predicted octanol–water partition coefficient (Wildman–Crippen LogP) is 5.46. The van der Waals surface area contributed by atoms with Crippen LogP contribution >= 0.6 is 11.3 Å². The fourth-order valence-corrected chi connectivity index (χ4v) is 4.48. The van der Waals surface area contributed by atoms with Crippen LogP contribution in [0.1, 0.15) is 69.8 Å². The first-order valence-corrected chi connectivity index (χ1v) is 10.9. The van der Waals surface area contributed by atoms with Gasteiger partial charge in [0.25, 0.3) is 0 Å². The summed E-state index contributed by atoms with van der Waals surface area (Å²) in [7, 11) is 0. The fraction of sp³-hybridized carbons (Fsp3) is 0.750. The molecule has 1 amide bonds. The number of unbranched alkanes of at least 4 members (excludes halogenated alkanes) is 3. The van der Waals surface area contributed by atoms with Gasteiger partial charge in [0.05, 0.1) is 23.8 Å². The lowest BCUT2D eigenvalue weighted by atomic mass is 10.1. The molecule has 2 heterocycles. The highest BCUT2D eigenvalue weighted by Crippen LogP contribution is 2.43. The minimum absolute atomic E-state index is 0.0879. The molecule has 1 aliphatic rings. The van der Waals surface area contributed by atoms with Gasteiger partial charge >= 0.3 is 6.18 Å². The van der Waals surface area contributed by atoms with Crippen LogP contribution in [0.3, 0.4) is 0 Å². The zero-order valence-electron chi connectivity index (χ0n) is 16.5. The first kappa shape index (κ1) is 23.2. The third-order valence-corrected chi connectivity index (χ3v) is 6.20. The second kappa shape index (κ2) is 10.6. The van der Waals surface area contributed by atoms with E-state index >= 15 is 0 Å². The van der Waals surface area contributed by atoms with Gasteiger partial charge in [-0.05, 0) is 31.4 Å². The molecule has 8 heteroatoms. The molecule has 3 atom stereocenters. The van der Waals surface area contributed by atoms with Crippen LogP contribution in [-0.4, -0.2) is 36.4 Å². The Morgan fingerprint density at radius 2 is 1.96 bits per heavy atom. The fourth-order valence-electron chi connectivity index (χ4n) is 3.38. The topological polar surface area (TPSA) is 49.8 Å². The van der Waals surface area contributed by atoms with Crippen molar-refractivity contribution >= 4 is 22.2 Å². The summed E-state index contributed by atoms with van der Waals surface area (Å²) in [6, 6.07) is 2.71. The summed E-state index contributed by atoms with van der Waals surface area (Å²) in [4.78, 5) is 14.5. The molecular weight excluding hydrogens is 391 g/mol. The third kappa shape index (κ3) is 5.94. The van der Waals surface area contributed by atoms with Crippen molar-refractivity contribution in [3.05, 3.63) is 17.0 Å². The first-order chi connectivity index (χ1) is 13.3. The SMILES string of the molecule is CCCCCC(O)c1ccc(N2C(=O)C(C(F)(F)F)CC2COCCCC)s1. The molecule has 0 spiro atoms. The molecule has 1 fully saturated rings. The Hall–Kier alpha value is -1.12. The van der Waals surface area contributed by atoms with E-state index in [9.17, 15) is 23.1 Å². The Morgan fingerprint density at radius 1 is 1.25 bits per heavy atom. The lowest BCUT2D eigenvalue weighted by molar-refractivity contribution is -0.177. The number of thiophene rings is 1. The van der Waals surface area contributed by atoms with Crippen molar-refractivity contribution in [3.63, 3.8) is 0 Å². The van der Waals surface area contributed by atoms with Gasteiger partial charge in [0, 0.05) is 11.5 Å². The normalized spacial score (nSPS) is 21.5. The molecule has 1 saturated heterocycles. The average molecular weight is 422 g/mol. The molecule has 1 aliphatic heterocycles. The van der Waals surface area contributed by atoms with E-state index in [4.69, 9.17) is 4.74 Å². The van der Waals surface area contributed by atoms with E-state index in [1.807, 2.05) is 6.92 Å². The number of halogens is 3. The van der Waals surface area contributed by atoms with Gasteiger partial charge < -0.3 is 9.84 Å². The second-order valence-electron chi connectivity index (χ2n) is 7.31. The molecule has 1 aromatic rings. The lowest BCUT2D eigenvalue weighted by Crippen LogP contribution is -2.37. The Morgan fingerprint density at radius 3 is 2.61 bits per heavy atom. The lowest BCUT2D eigenvalue weighted by Gasteiger charge is -2.23. The number of hydrogen-bond acceptors (Lipinski definition) is 4. The van der Waals surface area contributed by atoms with Crippen LogP contribution in [-0.2, 0) is 9.53 Å². The van der Waals surface area contributed by atoms with Crippen molar-refractivity contribution in [1.82, 2.24) is 0 Å². The van der Waals surface area contributed by atoms with E-state index in [1.54, 1.807) is 12.1 Å². The summed E-state index contributed by atoms with van der Waals surface area (Å²) in [5.74, 6) is -2.92. The molecule has 3 unspecified atom stereocenters. The summed E-state index contributed by atoms with van der Waals surface area (Å²) >= 11 is 1.19. The van der Waals surface area contributed by atoms with E-state index < -0.39 is 30.1 Å². The van der Waals surface area contributed by atoms with Crippen LogP contribution in [0.2, 0.25) is 0 Å². The average Bonchev–Trinajstić information content (AvgIpc) is 3.23. The van der Waals surface area contributed by atoms with Crippen molar-refractivity contribution < 1.29 is 27.8 Å². The van der Waals surface area contributed by atoms with Crippen LogP contribution in [0.25, 0.3) is 0 Å². The number of alkyl halides is 3. The number of amides is 1. The Bertz CT molecular complexity index is 620. The van der Waals surface area contributed by atoms with E-state index in [1.165, 1.54) is 16.2 Å². The minimum atomic E-state index is -4.56. The van der Waals surface area contributed by atoms with Crippen LogP contribution < -0.4 is 4.90 Å². The maximum absolute atomic E-state index is 13.3. The van der Waals surface area contributed by atoms with E-state index in [-0.39, 0.29) is 13.0 Å². The van der Waals surface area contributed by atoms with Crippen LogP contribution in [0.5, 0.6) is 0 Å². The largest absolute Gasteiger partial charge is 0.400 e. The molecule has 160 valence electrons. The number of aliphatic hydroxyl groups is 1. The van der Waals surface area contributed by atoms with Crippen molar-refractivity contribution in [3.8, 4) is 0 Å². The van der Waals surface area contributed by atoms with E-state index in [2.05, 4.69) is 6.92 Å². The molecule has 28 heavy (non-hydrogen) atoms. The molecule has 0 bridgehead atoms. The number of carbonyl (C=O) groups is 1. The van der Waals surface area contributed by atoms with Gasteiger partial charge in [-0.15, -0.1) is 11.3 Å². The summed E-state index contributed by atoms with van der Waals surface area (Å²) in [5.41, 5.74) is 0. The zero-order chi connectivity index (χ0) is 20.7. The number of rotatable bonds is 11. The number of hydrogen-bond donors (Lipinski definition) is 1. The molecular formula is C20H30F3NO3S. The summed E-state index contributed by atoms with van der Waals surface area (Å²) in [5, 5.41) is 10.8. The van der Waals surface area contributed by atoms with Crippen LogP contribution in [0.4, 0.5) is 18.2 Å². The van der Waals surface area contributed by atoms with Crippen molar-refractivity contribution in [2.45, 2.75) is 77.1 Å². The maximum Gasteiger partial charge on any atom is 0.400 e. The van der Waals surface area contributed by atoms with Gasteiger partial charge in [-0.2, -0.15) is 13.2 Å². The Kier molecular flexibility index (Phi) is 8.77. The summed E-state index contributed by atoms with van der Waals surface area (Å²) in [6.45, 7) is 4.64. The highest BCUT2D eigenvalue weighted by molar-refractivity contribution is 7.16. The van der Waals surface area contributed by atoms with Gasteiger partial charge in [-0.25, -0.2) is 0 Å². The van der Waals surface area contributed by atoms with Gasteiger partial charge in [0.2, 0.25) is 5.91 Å². The van der Waals surface area contributed by atoms with Crippen LogP contribution in [0, 0.1) is 5.92 Å². The first-order valence-electron chi connectivity index (χ1n) is 10.0. The molecule has 4 nitrogen and oxygen atoms in total. The van der Waals surface area contributed by atoms with E-state index in [0.717, 1.165) is 32.1 Å². The quantitative estimate of drug-likeness (QED) is 0.483. The Labute approximate surface area is 168 Å². The molecule has 0 saturated carbocycles. The molecule has 1 aromatic heterocycles. The summed E-state index contributed by atoms with van der Waals surface area (Å²) in [6.07, 6.45) is -0.185. The minimum Gasteiger partial charge on any atom is -0.388 e. The van der Waals surface area contributed by atoms with Crippen molar-refractivity contribution in [2.24, 2.45) is 5.92 Å². The molecule has 2 rings (SSSR count). The third-order valence-electron chi connectivity index (χ3n) is 5.02. The number of carbonyl (C=O) groups excluding carboxylic acids is 1. The highest BCUT2D eigenvalue weighted by atomic mass is 32.1. The Balaban J connectivity index is 2.13. The molecule has 0 aromatic carbocycles. The highest BCUT2D eigenvalue weighted by Gasteiger charge is 2.54. The molecule has 1 N–H and O–H groups in total. The van der Waals surface area contributed by atoms with Gasteiger partial charge in [0.15, 0.2) is 0 Å². The number of nitrogens with zero attached hydrogens (tertiary/aromatic N) is 1. The predicted molar refractivity (Wildman–Crippen MR) is 105 cm³/mol. The number of anilines is 1. The molecule has 0 radical (unpaired) electrons. The van der Waals surface area contributed by atoms with Crippen molar-refractivity contribution in [1.29, 1.82) is 0 Å². The van der Waals surface area contributed by atoms with Gasteiger partial charge in [-0.3, -0.25) is 9.69 Å². The molecule has 0 aliphatic carbocycles. The van der Waals surface area contributed by atoms with Crippen molar-refractivity contribution in [2.75, 3.05) is 18.1 Å². The van der Waals surface area contributed by atoms with Crippen LogP contribution in [0.15, 0.2) is 12.1 Å². The number of aliphatic hydroxyl groups excluding tert-OH is 1. The summed E-state index contributed by atoms with van der Waals surface area (Å²) < 4.78 is 45.4. The monoisotopic (exact) mass is 421 g/mol. The number of ether oxygens (including phenoxy) is 1. The second-order valence-corrected chi connectivity index (χ2v) is 8.40. The van der Waals surface area contributed by atoms with E-state index in [0.29, 0.717) is 22.9 Å².